The molecule has 1 heterocycles. The zero-order valence-corrected chi connectivity index (χ0v) is 15.4. The maximum absolute atomic E-state index is 11.1. The Morgan fingerprint density at radius 1 is 0.556 bits per heavy atom. The van der Waals surface area contributed by atoms with Crippen LogP contribution in [0.5, 0.6) is 0 Å². The van der Waals surface area contributed by atoms with Crippen molar-refractivity contribution >= 4 is 17.9 Å². The van der Waals surface area contributed by atoms with Crippen LogP contribution in [0.15, 0.2) is 0 Å². The molecule has 0 aliphatic carbocycles. The summed E-state index contributed by atoms with van der Waals surface area (Å²) >= 11 is 0. The highest BCUT2D eigenvalue weighted by Gasteiger charge is 2.17. The van der Waals surface area contributed by atoms with Crippen LogP contribution in [0, 0.1) is 0 Å². The molecule has 0 amide bonds. The maximum atomic E-state index is 11.1. The first-order valence-electron chi connectivity index (χ1n) is 8.84. The monoisotopic (exact) mass is 391 g/mol. The summed E-state index contributed by atoms with van der Waals surface area (Å²) in [5, 5.41) is 27.2. The van der Waals surface area contributed by atoms with E-state index >= 15 is 0 Å². The van der Waals surface area contributed by atoms with Crippen LogP contribution < -0.4 is 0 Å². The summed E-state index contributed by atoms with van der Waals surface area (Å²) in [6.07, 6.45) is 0. The van der Waals surface area contributed by atoms with Crippen molar-refractivity contribution in [3.63, 3.8) is 0 Å². The lowest BCUT2D eigenvalue weighted by molar-refractivity contribution is -0.140. The average Bonchev–Trinajstić information content (AvgIpc) is 2.57. The van der Waals surface area contributed by atoms with E-state index in [1.54, 1.807) is 14.7 Å². The molecule has 1 rings (SSSR count). The fourth-order valence-corrected chi connectivity index (χ4v) is 2.66. The third-order valence-corrected chi connectivity index (χ3v) is 4.02. The summed E-state index contributed by atoms with van der Waals surface area (Å²) in [6.45, 7) is 3.20. The standard InChI is InChI=1S/C16H29N3O8/c20-14(21)11-17-1-3-18(12-15(22)23)5-7-26-9-10-27-8-6-19(4-2-17)13-16(24)25/h1-13H2,(H,20,21)(H,22,23)(H,24,25). The van der Waals surface area contributed by atoms with Crippen molar-refractivity contribution in [2.75, 3.05) is 85.3 Å². The molecule has 1 saturated heterocycles. The van der Waals surface area contributed by atoms with Crippen molar-refractivity contribution in [3.05, 3.63) is 0 Å². The van der Waals surface area contributed by atoms with Gasteiger partial charge in [0, 0.05) is 39.3 Å². The Morgan fingerprint density at radius 2 is 0.852 bits per heavy atom. The SMILES string of the molecule is O=C(O)CN1CCOCCOCCN(CC(=O)O)CCN(CC(=O)O)CC1. The highest BCUT2D eigenvalue weighted by molar-refractivity contribution is 5.69. The summed E-state index contributed by atoms with van der Waals surface area (Å²) in [4.78, 5) is 38.2. The number of rotatable bonds is 6. The van der Waals surface area contributed by atoms with Crippen LogP contribution in [0.1, 0.15) is 0 Å². The fourth-order valence-electron chi connectivity index (χ4n) is 2.66. The molecule has 0 spiro atoms. The van der Waals surface area contributed by atoms with Crippen molar-refractivity contribution in [2.24, 2.45) is 0 Å². The molecular weight excluding hydrogens is 362 g/mol. The van der Waals surface area contributed by atoms with Crippen molar-refractivity contribution in [3.8, 4) is 0 Å². The molecule has 1 fully saturated rings. The molecule has 0 aromatic heterocycles. The van der Waals surface area contributed by atoms with Crippen LogP contribution in [0.3, 0.4) is 0 Å². The summed E-state index contributed by atoms with van der Waals surface area (Å²) < 4.78 is 10.9. The van der Waals surface area contributed by atoms with Gasteiger partial charge in [-0.25, -0.2) is 0 Å². The molecule has 3 N–H and O–H groups in total. The van der Waals surface area contributed by atoms with E-state index in [1.165, 1.54) is 0 Å². The molecule has 0 atom stereocenters. The van der Waals surface area contributed by atoms with E-state index in [9.17, 15) is 14.4 Å². The smallest absolute Gasteiger partial charge is 0.317 e. The molecule has 0 unspecified atom stereocenters. The van der Waals surface area contributed by atoms with Gasteiger partial charge in [-0.05, 0) is 0 Å². The van der Waals surface area contributed by atoms with E-state index in [0.29, 0.717) is 65.7 Å². The molecule has 0 aromatic rings. The quantitative estimate of drug-likeness (QED) is 0.472. The minimum atomic E-state index is -0.992. The predicted octanol–water partition coefficient (Wildman–Crippen LogP) is -1.81. The topological polar surface area (TPSA) is 140 Å². The number of aliphatic carboxylic acids is 3. The Bertz CT molecular complexity index is 443. The molecule has 0 bridgehead atoms. The second-order valence-electron chi connectivity index (χ2n) is 6.23. The maximum Gasteiger partial charge on any atom is 0.317 e. The Labute approximate surface area is 158 Å². The normalized spacial score (nSPS) is 20.4. The Balaban J connectivity index is 2.74. The molecular formula is C16H29N3O8. The summed E-state index contributed by atoms with van der Waals surface area (Å²) in [5.74, 6) is -2.92. The minimum absolute atomic E-state index is 0.161. The van der Waals surface area contributed by atoms with Gasteiger partial charge in [0.2, 0.25) is 0 Å². The zero-order chi connectivity index (χ0) is 20.1. The van der Waals surface area contributed by atoms with E-state index in [1.807, 2.05) is 0 Å². The number of ether oxygens (including phenoxy) is 2. The second kappa shape index (κ2) is 13.4. The summed E-state index contributed by atoms with van der Waals surface area (Å²) in [5.41, 5.74) is 0. The number of carbonyl (C=O) groups is 3. The van der Waals surface area contributed by atoms with E-state index < -0.39 is 17.9 Å². The van der Waals surface area contributed by atoms with Gasteiger partial charge < -0.3 is 24.8 Å². The highest BCUT2D eigenvalue weighted by atomic mass is 16.5. The Kier molecular flexibility index (Phi) is 11.5. The molecule has 11 heteroatoms. The first-order chi connectivity index (χ1) is 12.9. The van der Waals surface area contributed by atoms with E-state index in [4.69, 9.17) is 24.8 Å². The number of carboxylic acid groups (broad SMARTS) is 3. The van der Waals surface area contributed by atoms with Gasteiger partial charge in [-0.15, -0.1) is 0 Å². The van der Waals surface area contributed by atoms with Gasteiger partial charge in [0.05, 0.1) is 46.1 Å². The van der Waals surface area contributed by atoms with Gasteiger partial charge in [-0.2, -0.15) is 0 Å². The zero-order valence-electron chi connectivity index (χ0n) is 15.4. The number of hydrogen-bond donors (Lipinski definition) is 3. The fraction of sp³-hybridized carbons (Fsp3) is 0.812. The predicted molar refractivity (Wildman–Crippen MR) is 93.9 cm³/mol. The van der Waals surface area contributed by atoms with Gasteiger partial charge in [0.25, 0.3) is 0 Å². The number of carboxylic acids is 3. The van der Waals surface area contributed by atoms with Gasteiger partial charge in [-0.3, -0.25) is 29.1 Å². The molecule has 11 nitrogen and oxygen atoms in total. The van der Waals surface area contributed by atoms with Gasteiger partial charge in [0.1, 0.15) is 0 Å². The molecule has 1 aliphatic rings. The van der Waals surface area contributed by atoms with Crippen molar-refractivity contribution < 1.29 is 39.2 Å². The third-order valence-electron chi connectivity index (χ3n) is 4.02. The van der Waals surface area contributed by atoms with Crippen LogP contribution in [0.4, 0.5) is 0 Å². The van der Waals surface area contributed by atoms with Crippen LogP contribution in [0.2, 0.25) is 0 Å². The first kappa shape index (κ1) is 23.2. The Hall–Kier alpha value is -1.79. The third kappa shape index (κ3) is 12.3. The van der Waals surface area contributed by atoms with E-state index in [-0.39, 0.29) is 19.6 Å². The molecule has 156 valence electrons. The first-order valence-corrected chi connectivity index (χ1v) is 8.84. The lowest BCUT2D eigenvalue weighted by atomic mass is 10.3. The highest BCUT2D eigenvalue weighted by Crippen LogP contribution is 1.98. The molecule has 0 aromatic carbocycles. The molecule has 0 saturated carbocycles. The van der Waals surface area contributed by atoms with Crippen LogP contribution in [-0.4, -0.2) is 133 Å². The van der Waals surface area contributed by atoms with Crippen LogP contribution >= 0.6 is 0 Å². The van der Waals surface area contributed by atoms with Gasteiger partial charge in [-0.1, -0.05) is 0 Å². The molecule has 27 heavy (non-hydrogen) atoms. The van der Waals surface area contributed by atoms with E-state index in [0.717, 1.165) is 0 Å². The summed E-state index contributed by atoms with van der Waals surface area (Å²) in [6, 6.07) is 0. The Morgan fingerprint density at radius 3 is 1.15 bits per heavy atom. The lowest BCUT2D eigenvalue weighted by Gasteiger charge is -2.28. The molecule has 0 radical (unpaired) electrons. The van der Waals surface area contributed by atoms with Crippen molar-refractivity contribution in [1.82, 2.24) is 14.7 Å². The van der Waals surface area contributed by atoms with Crippen LogP contribution in [-0.2, 0) is 23.9 Å². The van der Waals surface area contributed by atoms with Crippen LogP contribution in [0.25, 0.3) is 0 Å². The van der Waals surface area contributed by atoms with Crippen molar-refractivity contribution in [2.45, 2.75) is 0 Å². The number of hydrogen-bond acceptors (Lipinski definition) is 8. The molecule has 1 aliphatic heterocycles. The second-order valence-corrected chi connectivity index (χ2v) is 6.23. The number of nitrogens with zero attached hydrogens (tertiary/aromatic N) is 3. The lowest BCUT2D eigenvalue weighted by Crippen LogP contribution is -2.44. The largest absolute Gasteiger partial charge is 0.480 e. The van der Waals surface area contributed by atoms with Gasteiger partial charge in [0.15, 0.2) is 0 Å². The minimum Gasteiger partial charge on any atom is -0.480 e. The van der Waals surface area contributed by atoms with E-state index in [2.05, 4.69) is 0 Å². The average molecular weight is 391 g/mol. The van der Waals surface area contributed by atoms with Crippen molar-refractivity contribution in [1.29, 1.82) is 0 Å². The summed E-state index contributed by atoms with van der Waals surface area (Å²) in [7, 11) is 0. The van der Waals surface area contributed by atoms with Gasteiger partial charge >= 0.3 is 17.9 Å².